The summed E-state index contributed by atoms with van der Waals surface area (Å²) in [7, 11) is -2.66. The minimum Gasteiger partial charge on any atom is -0.496 e. The van der Waals surface area contributed by atoms with Crippen LogP contribution in [0.1, 0.15) is 11.1 Å². The quantitative estimate of drug-likeness (QED) is 0.693. The predicted molar refractivity (Wildman–Crippen MR) is 62.0 cm³/mol. The van der Waals surface area contributed by atoms with E-state index in [1.54, 1.807) is 18.2 Å². The molecule has 0 saturated heterocycles. The normalized spacial score (nSPS) is 12.0. The van der Waals surface area contributed by atoms with Crippen molar-refractivity contribution in [1.82, 2.24) is 0 Å². The second-order valence-electron chi connectivity index (χ2n) is 3.19. The molecule has 0 heterocycles. The van der Waals surface area contributed by atoms with Crippen molar-refractivity contribution in [2.45, 2.75) is 6.54 Å². The first-order valence-corrected chi connectivity index (χ1v) is 6.26. The van der Waals surface area contributed by atoms with Crippen molar-refractivity contribution < 1.29 is 19.1 Å². The Kier molecular flexibility index (Phi) is 4.26. The van der Waals surface area contributed by atoms with Gasteiger partial charge in [0.05, 0.1) is 7.11 Å². The van der Waals surface area contributed by atoms with Crippen LogP contribution in [0.2, 0.25) is 0 Å². The molecule has 0 aliphatic heterocycles. The molecule has 6 heteroatoms. The van der Waals surface area contributed by atoms with E-state index in [-0.39, 0.29) is 0 Å². The van der Waals surface area contributed by atoms with Gasteiger partial charge in [-0.25, -0.2) is 0 Å². The molecule has 0 aliphatic rings. The average molecular weight is 243 g/mol. The van der Waals surface area contributed by atoms with Crippen molar-refractivity contribution in [3.63, 3.8) is 0 Å². The number of hydrogen-bond donors (Lipinski definition) is 3. The van der Waals surface area contributed by atoms with E-state index in [0.717, 1.165) is 11.4 Å². The molecule has 0 bridgehead atoms. The number of rotatable bonds is 4. The lowest BCUT2D eigenvalue weighted by Gasteiger charge is -2.06. The van der Waals surface area contributed by atoms with Gasteiger partial charge in [0, 0.05) is 17.9 Å². The second kappa shape index (κ2) is 5.27. The van der Waals surface area contributed by atoms with E-state index in [9.17, 15) is 4.57 Å². The molecule has 1 rings (SSSR count). The highest BCUT2D eigenvalue weighted by atomic mass is 31.2. The lowest BCUT2D eigenvalue weighted by Crippen LogP contribution is -1.97. The van der Waals surface area contributed by atoms with Gasteiger partial charge in [-0.15, -0.1) is 0 Å². The molecule has 4 N–H and O–H groups in total. The van der Waals surface area contributed by atoms with Crippen molar-refractivity contribution in [2.24, 2.45) is 5.73 Å². The first-order valence-electron chi connectivity index (χ1n) is 4.57. The summed E-state index contributed by atoms with van der Waals surface area (Å²) in [6.07, 6.45) is 1.33. The van der Waals surface area contributed by atoms with Gasteiger partial charge < -0.3 is 20.3 Å². The molecule has 0 fully saturated rings. The van der Waals surface area contributed by atoms with Crippen LogP contribution < -0.4 is 10.5 Å². The molecule has 5 nitrogen and oxygen atoms in total. The van der Waals surface area contributed by atoms with Crippen molar-refractivity contribution in [3.8, 4) is 5.75 Å². The molecule has 0 atom stereocenters. The van der Waals surface area contributed by atoms with Gasteiger partial charge in [-0.05, 0) is 23.8 Å². The Morgan fingerprint density at radius 1 is 1.50 bits per heavy atom. The second-order valence-corrected chi connectivity index (χ2v) is 4.66. The molecule has 0 amide bonds. The lowest BCUT2D eigenvalue weighted by atomic mass is 10.1. The summed E-state index contributed by atoms with van der Waals surface area (Å²) in [5.74, 6) is 1.38. The zero-order valence-electron chi connectivity index (χ0n) is 8.83. The fraction of sp³-hybridized carbons (Fsp3) is 0.200. The molecule has 0 unspecified atom stereocenters. The fourth-order valence-corrected chi connectivity index (χ4v) is 1.57. The van der Waals surface area contributed by atoms with Crippen LogP contribution >= 0.6 is 7.60 Å². The molecule has 1 aromatic carbocycles. The van der Waals surface area contributed by atoms with Crippen molar-refractivity contribution in [1.29, 1.82) is 0 Å². The van der Waals surface area contributed by atoms with Crippen LogP contribution in [0.4, 0.5) is 0 Å². The molecule has 16 heavy (non-hydrogen) atoms. The summed E-state index contributed by atoms with van der Waals surface area (Å²) in [5.41, 5.74) is 6.93. The highest BCUT2D eigenvalue weighted by molar-refractivity contribution is 7.55. The third-order valence-electron chi connectivity index (χ3n) is 1.98. The average Bonchev–Trinajstić information content (AvgIpc) is 2.25. The summed E-state index contributed by atoms with van der Waals surface area (Å²) in [4.78, 5) is 17.5. The minimum atomic E-state index is -4.15. The molecule has 0 aromatic heterocycles. The Morgan fingerprint density at radius 2 is 2.19 bits per heavy atom. The Morgan fingerprint density at radius 3 is 2.69 bits per heavy atom. The SMILES string of the molecule is COc1ccc(CN)cc1/C=C/P(=O)(O)O. The largest absolute Gasteiger partial charge is 0.496 e. The number of nitrogens with two attached hydrogens (primary N) is 1. The Balaban J connectivity index is 3.09. The van der Waals surface area contributed by atoms with E-state index in [1.165, 1.54) is 13.2 Å². The first kappa shape index (κ1) is 12.9. The van der Waals surface area contributed by atoms with Gasteiger partial charge in [-0.2, -0.15) is 0 Å². The molecular weight excluding hydrogens is 229 g/mol. The molecular formula is C10H14NO4P. The molecule has 1 aromatic rings. The summed E-state index contributed by atoms with van der Waals surface area (Å²) in [5, 5.41) is 0. The van der Waals surface area contributed by atoms with Crippen LogP contribution in [0.25, 0.3) is 6.08 Å². The monoisotopic (exact) mass is 243 g/mol. The third-order valence-corrected chi connectivity index (χ3v) is 2.52. The summed E-state index contributed by atoms with van der Waals surface area (Å²) < 4.78 is 15.8. The topological polar surface area (TPSA) is 92.8 Å². The van der Waals surface area contributed by atoms with Gasteiger partial charge in [-0.3, -0.25) is 4.57 Å². The van der Waals surface area contributed by atoms with Crippen LogP contribution in [0.15, 0.2) is 24.0 Å². The van der Waals surface area contributed by atoms with Crippen molar-refractivity contribution >= 4 is 13.7 Å². The van der Waals surface area contributed by atoms with Crippen molar-refractivity contribution in [2.75, 3.05) is 7.11 Å². The van der Waals surface area contributed by atoms with Gasteiger partial charge in [0.15, 0.2) is 0 Å². The van der Waals surface area contributed by atoms with Crippen LogP contribution in [-0.4, -0.2) is 16.9 Å². The lowest BCUT2D eigenvalue weighted by molar-refractivity contribution is 0.386. The van der Waals surface area contributed by atoms with E-state index in [1.807, 2.05) is 0 Å². The Hall–Kier alpha value is -1.13. The number of benzene rings is 1. The predicted octanol–water partition coefficient (Wildman–Crippen LogP) is 1.30. The van der Waals surface area contributed by atoms with Crippen LogP contribution in [0, 0.1) is 0 Å². The van der Waals surface area contributed by atoms with Gasteiger partial charge in [-0.1, -0.05) is 6.07 Å². The van der Waals surface area contributed by atoms with E-state index < -0.39 is 7.60 Å². The van der Waals surface area contributed by atoms with E-state index in [4.69, 9.17) is 20.3 Å². The summed E-state index contributed by atoms with van der Waals surface area (Å²) in [6.45, 7) is 0.362. The summed E-state index contributed by atoms with van der Waals surface area (Å²) in [6, 6.07) is 5.24. The number of methoxy groups -OCH3 is 1. The van der Waals surface area contributed by atoms with Crippen LogP contribution in [-0.2, 0) is 11.1 Å². The van der Waals surface area contributed by atoms with Crippen molar-refractivity contribution in [3.05, 3.63) is 35.1 Å². The Bertz CT molecular complexity index is 438. The molecule has 0 radical (unpaired) electrons. The smallest absolute Gasteiger partial charge is 0.349 e. The third kappa shape index (κ3) is 3.79. The Labute approximate surface area is 93.7 Å². The maximum absolute atomic E-state index is 10.7. The molecule has 0 aliphatic carbocycles. The zero-order valence-corrected chi connectivity index (χ0v) is 9.72. The van der Waals surface area contributed by atoms with Gasteiger partial charge >= 0.3 is 7.60 Å². The van der Waals surface area contributed by atoms with Crippen LogP contribution in [0.3, 0.4) is 0 Å². The fourth-order valence-electron chi connectivity index (χ4n) is 1.22. The standard InChI is InChI=1S/C10H14NO4P/c1-15-10-3-2-8(7-11)6-9(10)4-5-16(12,13)14/h2-6H,7,11H2,1H3,(H2,12,13,14)/b5-4+. The highest BCUT2D eigenvalue weighted by Crippen LogP contribution is 2.37. The summed E-state index contributed by atoms with van der Waals surface area (Å²) >= 11 is 0. The van der Waals surface area contributed by atoms with Gasteiger partial charge in [0.25, 0.3) is 0 Å². The van der Waals surface area contributed by atoms with E-state index in [0.29, 0.717) is 17.9 Å². The number of hydrogen-bond acceptors (Lipinski definition) is 3. The van der Waals surface area contributed by atoms with E-state index >= 15 is 0 Å². The maximum Gasteiger partial charge on any atom is 0.349 e. The van der Waals surface area contributed by atoms with E-state index in [2.05, 4.69) is 0 Å². The minimum absolute atomic E-state index is 0.362. The zero-order chi connectivity index (χ0) is 12.2. The van der Waals surface area contributed by atoms with Gasteiger partial charge in [0.2, 0.25) is 0 Å². The first-order chi connectivity index (χ1) is 7.46. The number of ether oxygens (including phenoxy) is 1. The van der Waals surface area contributed by atoms with Gasteiger partial charge in [0.1, 0.15) is 5.75 Å². The van der Waals surface area contributed by atoms with Crippen LogP contribution in [0.5, 0.6) is 5.75 Å². The molecule has 0 saturated carbocycles. The molecule has 88 valence electrons. The highest BCUT2D eigenvalue weighted by Gasteiger charge is 2.07. The molecule has 0 spiro atoms. The maximum atomic E-state index is 10.7.